The molecule has 0 fully saturated rings. The van der Waals surface area contributed by atoms with Crippen molar-refractivity contribution in [1.82, 2.24) is 5.32 Å². The van der Waals surface area contributed by atoms with Gasteiger partial charge in [-0.15, -0.1) is 0 Å². The van der Waals surface area contributed by atoms with Crippen molar-refractivity contribution >= 4 is 0 Å². The van der Waals surface area contributed by atoms with Gasteiger partial charge in [-0.3, -0.25) is 0 Å². The third kappa shape index (κ3) is 6.18. The van der Waals surface area contributed by atoms with Crippen LogP contribution in [0.2, 0.25) is 0 Å². The Morgan fingerprint density at radius 1 is 1.22 bits per heavy atom. The fourth-order valence-corrected chi connectivity index (χ4v) is 2.01. The third-order valence-corrected chi connectivity index (χ3v) is 3.40. The van der Waals surface area contributed by atoms with Crippen molar-refractivity contribution in [3.8, 4) is 0 Å². The fourth-order valence-electron chi connectivity index (χ4n) is 2.01. The van der Waals surface area contributed by atoms with E-state index >= 15 is 0 Å². The zero-order valence-corrected chi connectivity index (χ0v) is 11.9. The molecule has 0 aliphatic rings. The zero-order valence-electron chi connectivity index (χ0n) is 11.9. The molecule has 0 saturated heterocycles. The summed E-state index contributed by atoms with van der Waals surface area (Å²) in [7, 11) is 0. The van der Waals surface area contributed by atoms with E-state index < -0.39 is 0 Å². The van der Waals surface area contributed by atoms with Gasteiger partial charge in [0.2, 0.25) is 0 Å². The number of hydrogen-bond donors (Lipinski definition) is 2. The van der Waals surface area contributed by atoms with Crippen LogP contribution in [0.15, 0.2) is 30.3 Å². The molecule has 0 spiro atoms. The number of rotatable bonds is 8. The molecule has 0 aromatic heterocycles. The van der Waals surface area contributed by atoms with E-state index in [-0.39, 0.29) is 11.6 Å². The summed E-state index contributed by atoms with van der Waals surface area (Å²) in [5.41, 5.74) is 1.51. The van der Waals surface area contributed by atoms with Gasteiger partial charge in [-0.25, -0.2) is 0 Å². The molecule has 1 atom stereocenters. The maximum Gasteiger partial charge on any atom is 0.0662 e. The summed E-state index contributed by atoms with van der Waals surface area (Å²) < 4.78 is 0. The number of aliphatic hydroxyl groups is 1. The van der Waals surface area contributed by atoms with E-state index in [0.29, 0.717) is 6.54 Å². The van der Waals surface area contributed by atoms with Crippen LogP contribution in [0.1, 0.15) is 45.6 Å². The van der Waals surface area contributed by atoms with Gasteiger partial charge in [-0.1, -0.05) is 37.3 Å². The van der Waals surface area contributed by atoms with Crippen molar-refractivity contribution in [2.45, 2.75) is 58.1 Å². The van der Waals surface area contributed by atoms with Gasteiger partial charge >= 0.3 is 0 Å². The highest BCUT2D eigenvalue weighted by molar-refractivity contribution is 5.14. The molecule has 2 nitrogen and oxygen atoms in total. The van der Waals surface area contributed by atoms with Crippen LogP contribution in [0, 0.1) is 0 Å². The Morgan fingerprint density at radius 2 is 1.89 bits per heavy atom. The quantitative estimate of drug-likeness (QED) is 0.742. The first-order chi connectivity index (χ1) is 8.53. The van der Waals surface area contributed by atoms with E-state index in [1.54, 1.807) is 0 Å². The summed E-state index contributed by atoms with van der Waals surface area (Å²) in [5, 5.41) is 13.0. The standard InChI is InChI=1S/C16H27NO/c1-4-15(18)13-17-16(2,3)12-8-11-14-9-6-5-7-10-14/h5-7,9-10,15,17-18H,4,8,11-13H2,1-3H3/t15-/m0/s1. The first kappa shape index (κ1) is 15.2. The lowest BCUT2D eigenvalue weighted by Crippen LogP contribution is -2.43. The number of nitrogens with one attached hydrogen (secondary N) is 1. The fraction of sp³-hybridized carbons (Fsp3) is 0.625. The maximum atomic E-state index is 9.56. The molecule has 0 unspecified atom stereocenters. The summed E-state index contributed by atoms with van der Waals surface area (Å²) in [5.74, 6) is 0. The number of benzene rings is 1. The van der Waals surface area contributed by atoms with Gasteiger partial charge in [-0.2, -0.15) is 0 Å². The van der Waals surface area contributed by atoms with Crippen molar-refractivity contribution < 1.29 is 5.11 Å². The molecule has 18 heavy (non-hydrogen) atoms. The molecule has 2 heteroatoms. The van der Waals surface area contributed by atoms with Crippen LogP contribution < -0.4 is 5.32 Å². The molecule has 1 rings (SSSR count). The lowest BCUT2D eigenvalue weighted by molar-refractivity contribution is 0.152. The predicted molar refractivity (Wildman–Crippen MR) is 77.8 cm³/mol. The number of aryl methyl sites for hydroxylation is 1. The van der Waals surface area contributed by atoms with E-state index in [0.717, 1.165) is 19.3 Å². The van der Waals surface area contributed by atoms with Crippen molar-refractivity contribution in [1.29, 1.82) is 0 Å². The topological polar surface area (TPSA) is 32.3 Å². The first-order valence-electron chi connectivity index (χ1n) is 7.00. The Hall–Kier alpha value is -0.860. The summed E-state index contributed by atoms with van der Waals surface area (Å²) in [6, 6.07) is 10.6. The number of hydrogen-bond acceptors (Lipinski definition) is 2. The monoisotopic (exact) mass is 249 g/mol. The lowest BCUT2D eigenvalue weighted by Gasteiger charge is -2.27. The van der Waals surface area contributed by atoms with Crippen LogP contribution in [0.25, 0.3) is 0 Å². The van der Waals surface area contributed by atoms with Crippen molar-refractivity contribution in [3.05, 3.63) is 35.9 Å². The molecule has 0 amide bonds. The largest absolute Gasteiger partial charge is 0.392 e. The Labute approximate surface area is 111 Å². The Bertz CT molecular complexity index is 321. The lowest BCUT2D eigenvalue weighted by atomic mass is 9.95. The molecule has 0 heterocycles. The molecule has 0 aliphatic carbocycles. The summed E-state index contributed by atoms with van der Waals surface area (Å²) >= 11 is 0. The molecule has 2 N–H and O–H groups in total. The highest BCUT2D eigenvalue weighted by atomic mass is 16.3. The minimum atomic E-state index is -0.224. The predicted octanol–water partition coefficient (Wildman–Crippen LogP) is 3.15. The third-order valence-electron chi connectivity index (χ3n) is 3.40. The second-order valence-corrected chi connectivity index (χ2v) is 5.67. The Morgan fingerprint density at radius 3 is 2.50 bits per heavy atom. The van der Waals surface area contributed by atoms with Gasteiger partial charge in [0.15, 0.2) is 0 Å². The van der Waals surface area contributed by atoms with Crippen molar-refractivity contribution in [3.63, 3.8) is 0 Å². The Balaban J connectivity index is 2.24. The van der Waals surface area contributed by atoms with Gasteiger partial charge in [0.05, 0.1) is 6.10 Å². The minimum absolute atomic E-state index is 0.102. The molecular formula is C16H27NO. The van der Waals surface area contributed by atoms with Crippen LogP contribution in [-0.4, -0.2) is 23.3 Å². The average molecular weight is 249 g/mol. The molecule has 0 saturated carbocycles. The summed E-state index contributed by atoms with van der Waals surface area (Å²) in [6.45, 7) is 7.12. The number of aliphatic hydroxyl groups excluding tert-OH is 1. The van der Waals surface area contributed by atoms with Crippen LogP contribution in [-0.2, 0) is 6.42 Å². The SMILES string of the molecule is CC[C@H](O)CNC(C)(C)CCCc1ccccc1. The highest BCUT2D eigenvalue weighted by Gasteiger charge is 2.17. The van der Waals surface area contributed by atoms with Crippen LogP contribution in [0.3, 0.4) is 0 Å². The van der Waals surface area contributed by atoms with Gasteiger partial charge in [0, 0.05) is 12.1 Å². The van der Waals surface area contributed by atoms with Crippen LogP contribution >= 0.6 is 0 Å². The molecule has 0 radical (unpaired) electrons. The van der Waals surface area contributed by atoms with E-state index in [4.69, 9.17) is 0 Å². The van der Waals surface area contributed by atoms with Crippen LogP contribution in [0.5, 0.6) is 0 Å². The van der Waals surface area contributed by atoms with Gasteiger partial charge in [0.25, 0.3) is 0 Å². The zero-order chi connectivity index (χ0) is 13.4. The Kier molecular flexibility index (Phi) is 6.37. The van der Waals surface area contributed by atoms with E-state index in [1.807, 2.05) is 6.92 Å². The normalized spacial score (nSPS) is 13.6. The summed E-state index contributed by atoms with van der Waals surface area (Å²) in [6.07, 6.45) is 4.01. The van der Waals surface area contributed by atoms with E-state index in [9.17, 15) is 5.11 Å². The van der Waals surface area contributed by atoms with E-state index in [2.05, 4.69) is 49.5 Å². The smallest absolute Gasteiger partial charge is 0.0662 e. The van der Waals surface area contributed by atoms with Crippen LogP contribution in [0.4, 0.5) is 0 Å². The highest BCUT2D eigenvalue weighted by Crippen LogP contribution is 2.14. The molecular weight excluding hydrogens is 222 g/mol. The number of β-amino-alcohol motifs (C(OH)–C–C–N with tert-alkyl or cyclic N) is 1. The van der Waals surface area contributed by atoms with Gasteiger partial charge in [0.1, 0.15) is 0 Å². The summed E-state index contributed by atoms with van der Waals surface area (Å²) in [4.78, 5) is 0. The molecule has 0 aliphatic heterocycles. The molecule has 1 aromatic carbocycles. The second-order valence-electron chi connectivity index (χ2n) is 5.67. The van der Waals surface area contributed by atoms with Gasteiger partial charge in [-0.05, 0) is 45.1 Å². The second kappa shape index (κ2) is 7.55. The van der Waals surface area contributed by atoms with Crippen molar-refractivity contribution in [2.75, 3.05) is 6.54 Å². The minimum Gasteiger partial charge on any atom is -0.392 e. The average Bonchev–Trinajstić information content (AvgIpc) is 2.37. The maximum absolute atomic E-state index is 9.56. The van der Waals surface area contributed by atoms with E-state index in [1.165, 1.54) is 12.0 Å². The molecule has 1 aromatic rings. The molecule has 102 valence electrons. The van der Waals surface area contributed by atoms with Gasteiger partial charge < -0.3 is 10.4 Å². The molecule has 0 bridgehead atoms. The first-order valence-corrected chi connectivity index (χ1v) is 7.00. The van der Waals surface area contributed by atoms with Crippen molar-refractivity contribution in [2.24, 2.45) is 0 Å².